The first-order valence-corrected chi connectivity index (χ1v) is 11.7. The van der Waals surface area contributed by atoms with Gasteiger partial charge in [-0.1, -0.05) is 60.7 Å². The molecule has 2 aliphatic heterocycles. The molecule has 3 nitrogen and oxygen atoms in total. The average Bonchev–Trinajstić information content (AvgIpc) is 3.51. The summed E-state index contributed by atoms with van der Waals surface area (Å²) in [5.74, 6) is 0. The SMILES string of the molecule is c1ccc(CN2CCC[C@H]2[C@@H]2CCCN2Cc2cnc(-c3ccccc3)s2)cc1. The van der Waals surface area contributed by atoms with E-state index in [1.165, 1.54) is 54.8 Å². The van der Waals surface area contributed by atoms with Crippen molar-refractivity contribution in [1.29, 1.82) is 0 Å². The van der Waals surface area contributed by atoms with Crippen LogP contribution in [0.25, 0.3) is 10.6 Å². The second kappa shape index (κ2) is 8.78. The second-order valence-electron chi connectivity index (χ2n) is 8.34. The molecule has 0 saturated carbocycles. The number of rotatable bonds is 6. The topological polar surface area (TPSA) is 19.4 Å². The molecule has 2 atom stereocenters. The number of benzene rings is 2. The summed E-state index contributed by atoms with van der Waals surface area (Å²) in [4.78, 5) is 11.6. The highest BCUT2D eigenvalue weighted by atomic mass is 32.1. The van der Waals surface area contributed by atoms with Gasteiger partial charge < -0.3 is 0 Å². The lowest BCUT2D eigenvalue weighted by atomic mass is 10.0. The summed E-state index contributed by atoms with van der Waals surface area (Å²) < 4.78 is 0. The first kappa shape index (κ1) is 19.0. The highest BCUT2D eigenvalue weighted by Crippen LogP contribution is 2.33. The van der Waals surface area contributed by atoms with Crippen molar-refractivity contribution in [3.8, 4) is 10.6 Å². The van der Waals surface area contributed by atoms with Crippen LogP contribution >= 0.6 is 11.3 Å². The van der Waals surface area contributed by atoms with Crippen LogP contribution in [0.3, 0.4) is 0 Å². The molecule has 4 heteroatoms. The van der Waals surface area contributed by atoms with E-state index in [1.807, 2.05) is 11.3 Å². The van der Waals surface area contributed by atoms with Gasteiger partial charge >= 0.3 is 0 Å². The van der Waals surface area contributed by atoms with E-state index in [1.54, 1.807) is 0 Å². The van der Waals surface area contributed by atoms with Gasteiger partial charge in [0.05, 0.1) is 0 Å². The van der Waals surface area contributed by atoms with Crippen molar-refractivity contribution < 1.29 is 0 Å². The first-order valence-electron chi connectivity index (χ1n) is 10.9. The minimum Gasteiger partial charge on any atom is -0.295 e. The number of nitrogens with zero attached hydrogens (tertiary/aromatic N) is 3. The van der Waals surface area contributed by atoms with E-state index in [-0.39, 0.29) is 0 Å². The Balaban J connectivity index is 1.27. The highest BCUT2D eigenvalue weighted by Gasteiger charge is 2.37. The Bertz CT molecular complexity index is 908. The quantitative estimate of drug-likeness (QED) is 0.546. The predicted molar refractivity (Wildman–Crippen MR) is 121 cm³/mol. The van der Waals surface area contributed by atoms with Gasteiger partial charge in [0.25, 0.3) is 0 Å². The predicted octanol–water partition coefficient (Wildman–Crippen LogP) is 5.44. The standard InChI is InChI=1S/C25H29N3S/c1-3-9-20(10-4-1)18-27-15-7-13-23(27)24-14-8-16-28(24)19-22-17-26-25(29-22)21-11-5-2-6-12-21/h1-6,9-12,17,23-24H,7-8,13-16,18-19H2/t23-,24-/m0/s1. The summed E-state index contributed by atoms with van der Waals surface area (Å²) in [5, 5.41) is 1.14. The van der Waals surface area contributed by atoms with E-state index in [0.29, 0.717) is 12.1 Å². The zero-order valence-corrected chi connectivity index (χ0v) is 17.7. The smallest absolute Gasteiger partial charge is 0.123 e. The molecule has 2 saturated heterocycles. The summed E-state index contributed by atoms with van der Waals surface area (Å²) in [6.45, 7) is 4.60. The van der Waals surface area contributed by atoms with Crippen molar-refractivity contribution in [2.24, 2.45) is 0 Å². The van der Waals surface area contributed by atoms with Gasteiger partial charge in [0.2, 0.25) is 0 Å². The molecule has 0 aliphatic carbocycles. The Morgan fingerprint density at radius 2 is 1.41 bits per heavy atom. The number of likely N-dealkylation sites (tertiary alicyclic amines) is 2. The fourth-order valence-corrected chi connectivity index (χ4v) is 6.02. The van der Waals surface area contributed by atoms with E-state index in [9.17, 15) is 0 Å². The molecule has 3 heterocycles. The molecule has 2 aliphatic rings. The zero-order valence-electron chi connectivity index (χ0n) is 16.9. The molecule has 3 aromatic rings. The van der Waals surface area contributed by atoms with Crippen LogP contribution in [0.1, 0.15) is 36.1 Å². The summed E-state index contributed by atoms with van der Waals surface area (Å²) in [6, 6.07) is 22.9. The van der Waals surface area contributed by atoms with E-state index in [0.717, 1.165) is 18.1 Å². The summed E-state index contributed by atoms with van der Waals surface area (Å²) >= 11 is 1.85. The molecule has 5 rings (SSSR count). The van der Waals surface area contributed by atoms with Gasteiger partial charge in [-0.3, -0.25) is 9.80 Å². The van der Waals surface area contributed by atoms with Gasteiger partial charge in [-0.2, -0.15) is 0 Å². The van der Waals surface area contributed by atoms with Crippen molar-refractivity contribution in [2.45, 2.75) is 50.9 Å². The third-order valence-electron chi connectivity index (χ3n) is 6.43. The third kappa shape index (κ3) is 4.30. The summed E-state index contributed by atoms with van der Waals surface area (Å²) in [7, 11) is 0. The fourth-order valence-electron chi connectivity index (χ4n) is 5.08. The molecular weight excluding hydrogens is 374 g/mol. The Labute approximate surface area is 178 Å². The van der Waals surface area contributed by atoms with Gasteiger partial charge in [-0.15, -0.1) is 11.3 Å². The van der Waals surface area contributed by atoms with Gasteiger partial charge in [0.1, 0.15) is 5.01 Å². The molecule has 2 fully saturated rings. The second-order valence-corrected chi connectivity index (χ2v) is 9.46. The molecule has 0 amide bonds. The van der Waals surface area contributed by atoms with Gasteiger partial charge in [0.15, 0.2) is 0 Å². The van der Waals surface area contributed by atoms with Gasteiger partial charge in [0, 0.05) is 41.8 Å². The summed E-state index contributed by atoms with van der Waals surface area (Å²) in [5.41, 5.74) is 2.67. The Morgan fingerprint density at radius 1 is 0.793 bits per heavy atom. The molecule has 29 heavy (non-hydrogen) atoms. The first-order chi connectivity index (χ1) is 14.4. The molecule has 1 aromatic heterocycles. The number of thiazole rings is 1. The lowest BCUT2D eigenvalue weighted by Crippen LogP contribution is -2.45. The van der Waals surface area contributed by atoms with Crippen LogP contribution in [0.15, 0.2) is 66.9 Å². The minimum atomic E-state index is 0.684. The molecule has 0 N–H and O–H groups in total. The minimum absolute atomic E-state index is 0.684. The monoisotopic (exact) mass is 403 g/mol. The Kier molecular flexibility index (Phi) is 5.75. The van der Waals surface area contributed by atoms with E-state index < -0.39 is 0 Å². The molecule has 150 valence electrons. The van der Waals surface area contributed by atoms with Crippen molar-refractivity contribution in [2.75, 3.05) is 13.1 Å². The lowest BCUT2D eigenvalue weighted by Gasteiger charge is -2.35. The van der Waals surface area contributed by atoms with Crippen LogP contribution < -0.4 is 0 Å². The van der Waals surface area contributed by atoms with E-state index >= 15 is 0 Å². The highest BCUT2D eigenvalue weighted by molar-refractivity contribution is 7.15. The molecule has 0 bridgehead atoms. The number of hydrogen-bond donors (Lipinski definition) is 0. The molecular formula is C25H29N3S. The fraction of sp³-hybridized carbons (Fsp3) is 0.400. The van der Waals surface area contributed by atoms with Crippen molar-refractivity contribution in [3.63, 3.8) is 0 Å². The third-order valence-corrected chi connectivity index (χ3v) is 7.47. The number of hydrogen-bond acceptors (Lipinski definition) is 4. The van der Waals surface area contributed by atoms with Crippen LogP contribution in [0.5, 0.6) is 0 Å². The van der Waals surface area contributed by atoms with Crippen molar-refractivity contribution in [1.82, 2.24) is 14.8 Å². The maximum atomic E-state index is 4.70. The normalized spacial score (nSPS) is 23.0. The maximum Gasteiger partial charge on any atom is 0.123 e. The number of aromatic nitrogens is 1. The molecule has 0 unspecified atom stereocenters. The van der Waals surface area contributed by atoms with Crippen LogP contribution in [-0.4, -0.2) is 40.0 Å². The van der Waals surface area contributed by atoms with E-state index in [4.69, 9.17) is 4.98 Å². The van der Waals surface area contributed by atoms with E-state index in [2.05, 4.69) is 76.7 Å². The van der Waals surface area contributed by atoms with Crippen LogP contribution in [0.4, 0.5) is 0 Å². The van der Waals surface area contributed by atoms with Crippen LogP contribution in [0, 0.1) is 0 Å². The Hall–Kier alpha value is -2.01. The van der Waals surface area contributed by atoms with Crippen LogP contribution in [0.2, 0.25) is 0 Å². The van der Waals surface area contributed by atoms with Gasteiger partial charge in [-0.05, 0) is 44.3 Å². The Morgan fingerprint density at radius 3 is 2.10 bits per heavy atom. The van der Waals surface area contributed by atoms with Crippen LogP contribution in [-0.2, 0) is 13.1 Å². The molecule has 0 radical (unpaired) electrons. The maximum absolute atomic E-state index is 4.70. The van der Waals surface area contributed by atoms with Crippen molar-refractivity contribution >= 4 is 11.3 Å². The van der Waals surface area contributed by atoms with Gasteiger partial charge in [-0.25, -0.2) is 4.98 Å². The molecule has 0 spiro atoms. The lowest BCUT2D eigenvalue weighted by molar-refractivity contribution is 0.125. The zero-order chi connectivity index (χ0) is 19.5. The molecule has 2 aromatic carbocycles. The summed E-state index contributed by atoms with van der Waals surface area (Å²) in [6.07, 6.45) is 7.43. The van der Waals surface area contributed by atoms with Crippen molar-refractivity contribution in [3.05, 3.63) is 77.3 Å². The average molecular weight is 404 g/mol. The largest absolute Gasteiger partial charge is 0.295 e.